The number of hydrogen-bond acceptors (Lipinski definition) is 2. The number of nitrogens with one attached hydrogen (secondary N) is 1. The summed E-state index contributed by atoms with van der Waals surface area (Å²) in [5, 5.41) is 3.46. The Morgan fingerprint density at radius 1 is 1.04 bits per heavy atom. The van der Waals surface area contributed by atoms with Crippen LogP contribution < -0.4 is 11.1 Å². The molecule has 1 amide bonds. The number of carbonyl (C=O) groups is 1. The van der Waals surface area contributed by atoms with Crippen LogP contribution in [-0.2, 0) is 11.2 Å². The Morgan fingerprint density at radius 2 is 1.78 bits per heavy atom. The van der Waals surface area contributed by atoms with Crippen molar-refractivity contribution in [2.24, 2.45) is 17.6 Å². The summed E-state index contributed by atoms with van der Waals surface area (Å²) in [5.41, 5.74) is 8.84. The van der Waals surface area contributed by atoms with Gasteiger partial charge < -0.3 is 11.1 Å². The summed E-state index contributed by atoms with van der Waals surface area (Å²) in [7, 11) is 0. The number of carbonyl (C=O) groups excluding carboxylic acids is 1. The second-order valence-corrected chi connectivity index (χ2v) is 7.86. The zero-order valence-corrected chi connectivity index (χ0v) is 13.8. The Labute approximate surface area is 139 Å². The van der Waals surface area contributed by atoms with E-state index in [1.807, 2.05) is 0 Å². The molecule has 0 aromatic heterocycles. The lowest BCUT2D eigenvalue weighted by Gasteiger charge is -2.45. The van der Waals surface area contributed by atoms with Gasteiger partial charge in [-0.15, -0.1) is 0 Å². The first kappa shape index (κ1) is 15.2. The lowest BCUT2D eigenvalue weighted by Crippen LogP contribution is -2.54. The minimum Gasteiger partial charge on any atom is -0.352 e. The lowest BCUT2D eigenvalue weighted by molar-refractivity contribution is -0.125. The predicted molar refractivity (Wildman–Crippen MR) is 92.1 cm³/mol. The van der Waals surface area contributed by atoms with Crippen molar-refractivity contribution in [1.82, 2.24) is 5.32 Å². The molecule has 1 aromatic carbocycles. The van der Waals surface area contributed by atoms with E-state index in [1.54, 1.807) is 0 Å². The fraction of sp³-hybridized carbons (Fsp3) is 0.650. The highest BCUT2D eigenvalue weighted by atomic mass is 16.2. The molecule has 23 heavy (non-hydrogen) atoms. The molecule has 4 rings (SSSR count). The van der Waals surface area contributed by atoms with Crippen molar-refractivity contribution in [3.05, 3.63) is 35.4 Å². The van der Waals surface area contributed by atoms with Gasteiger partial charge in [0.25, 0.3) is 0 Å². The fourth-order valence-corrected chi connectivity index (χ4v) is 5.32. The summed E-state index contributed by atoms with van der Waals surface area (Å²) < 4.78 is 0. The van der Waals surface area contributed by atoms with Crippen molar-refractivity contribution in [2.45, 2.75) is 69.4 Å². The average Bonchev–Trinajstić information content (AvgIpc) is 2.55. The van der Waals surface area contributed by atoms with Gasteiger partial charge in [0.1, 0.15) is 0 Å². The first-order valence-electron chi connectivity index (χ1n) is 9.36. The van der Waals surface area contributed by atoms with Crippen molar-refractivity contribution in [2.75, 3.05) is 0 Å². The van der Waals surface area contributed by atoms with Crippen LogP contribution in [0.2, 0.25) is 0 Å². The first-order valence-corrected chi connectivity index (χ1v) is 9.36. The maximum atomic E-state index is 13.0. The monoisotopic (exact) mass is 312 g/mol. The molecule has 3 heteroatoms. The van der Waals surface area contributed by atoms with E-state index in [0.717, 1.165) is 32.1 Å². The molecule has 2 bridgehead atoms. The Hall–Kier alpha value is -1.35. The van der Waals surface area contributed by atoms with Crippen molar-refractivity contribution in [3.8, 4) is 0 Å². The van der Waals surface area contributed by atoms with E-state index >= 15 is 0 Å². The fourth-order valence-electron chi connectivity index (χ4n) is 5.32. The number of aryl methyl sites for hydroxylation is 1. The van der Waals surface area contributed by atoms with E-state index in [2.05, 4.69) is 29.6 Å². The minimum absolute atomic E-state index is 0.0521. The van der Waals surface area contributed by atoms with Crippen LogP contribution in [0.3, 0.4) is 0 Å². The molecule has 2 saturated carbocycles. The molecular weight excluding hydrogens is 284 g/mol. The molecular formula is C20H28N2O. The van der Waals surface area contributed by atoms with Gasteiger partial charge in [0.15, 0.2) is 0 Å². The molecule has 3 aliphatic rings. The second-order valence-electron chi connectivity index (χ2n) is 7.86. The Balaban J connectivity index is 1.50. The number of fused-ring (bicyclic) bond motifs is 3. The molecule has 124 valence electrons. The van der Waals surface area contributed by atoms with Crippen LogP contribution in [0.5, 0.6) is 0 Å². The van der Waals surface area contributed by atoms with Crippen molar-refractivity contribution in [3.63, 3.8) is 0 Å². The average molecular weight is 312 g/mol. The summed E-state index contributed by atoms with van der Waals surface area (Å²) in [6.45, 7) is 0. The van der Waals surface area contributed by atoms with Crippen molar-refractivity contribution >= 4 is 5.91 Å². The van der Waals surface area contributed by atoms with Gasteiger partial charge >= 0.3 is 0 Å². The molecule has 3 N–H and O–H groups in total. The van der Waals surface area contributed by atoms with E-state index in [4.69, 9.17) is 5.73 Å². The summed E-state index contributed by atoms with van der Waals surface area (Å²) in [6.07, 6.45) is 9.17. The number of amides is 1. The number of hydrogen-bond donors (Lipinski definition) is 2. The predicted octanol–water partition coefficient (Wildman–Crippen LogP) is 3.13. The molecule has 3 atom stereocenters. The largest absolute Gasteiger partial charge is 0.352 e. The Kier molecular flexibility index (Phi) is 4.14. The second kappa shape index (κ2) is 6.27. The van der Waals surface area contributed by atoms with Gasteiger partial charge in [-0.3, -0.25) is 4.79 Å². The van der Waals surface area contributed by atoms with Gasteiger partial charge in [-0.1, -0.05) is 30.7 Å². The van der Waals surface area contributed by atoms with Crippen molar-refractivity contribution < 1.29 is 4.79 Å². The van der Waals surface area contributed by atoms with E-state index in [1.165, 1.54) is 30.4 Å². The maximum absolute atomic E-state index is 13.0. The van der Waals surface area contributed by atoms with Gasteiger partial charge in [0.2, 0.25) is 5.91 Å². The topological polar surface area (TPSA) is 55.1 Å². The van der Waals surface area contributed by atoms with E-state index in [-0.39, 0.29) is 11.8 Å². The van der Waals surface area contributed by atoms with Crippen LogP contribution in [0.15, 0.2) is 24.3 Å². The molecule has 0 heterocycles. The third-order valence-corrected chi connectivity index (χ3v) is 6.37. The highest BCUT2D eigenvalue weighted by Crippen LogP contribution is 2.40. The summed E-state index contributed by atoms with van der Waals surface area (Å²) in [5.74, 6) is 1.51. The minimum atomic E-state index is 0.0521. The quantitative estimate of drug-likeness (QED) is 0.881. The van der Waals surface area contributed by atoms with Crippen LogP contribution >= 0.6 is 0 Å². The summed E-state index contributed by atoms with van der Waals surface area (Å²) >= 11 is 0. The van der Waals surface area contributed by atoms with E-state index in [9.17, 15) is 4.79 Å². The normalized spacial score (nSPS) is 36.1. The van der Waals surface area contributed by atoms with Gasteiger partial charge in [0.05, 0.1) is 5.92 Å². The first-order chi connectivity index (χ1) is 11.2. The smallest absolute Gasteiger partial charge is 0.227 e. The lowest BCUT2D eigenvalue weighted by atomic mass is 9.66. The van der Waals surface area contributed by atoms with Crippen LogP contribution in [0.4, 0.5) is 0 Å². The molecule has 3 unspecified atom stereocenters. The van der Waals surface area contributed by atoms with Crippen LogP contribution in [0.25, 0.3) is 0 Å². The highest BCUT2D eigenvalue weighted by Gasteiger charge is 2.41. The zero-order valence-electron chi connectivity index (χ0n) is 13.8. The molecule has 3 aliphatic carbocycles. The summed E-state index contributed by atoms with van der Waals surface area (Å²) in [4.78, 5) is 13.0. The Morgan fingerprint density at radius 3 is 2.57 bits per heavy atom. The molecule has 1 aromatic rings. The van der Waals surface area contributed by atoms with Crippen LogP contribution in [0.1, 0.15) is 62.0 Å². The van der Waals surface area contributed by atoms with Crippen LogP contribution in [-0.4, -0.2) is 18.0 Å². The zero-order chi connectivity index (χ0) is 15.8. The molecule has 3 nitrogen and oxygen atoms in total. The number of benzene rings is 1. The molecule has 0 saturated heterocycles. The van der Waals surface area contributed by atoms with Gasteiger partial charge in [-0.05, 0) is 67.9 Å². The van der Waals surface area contributed by atoms with Gasteiger partial charge in [-0.2, -0.15) is 0 Å². The number of rotatable bonds is 2. The third kappa shape index (κ3) is 2.91. The van der Waals surface area contributed by atoms with Gasteiger partial charge in [0, 0.05) is 12.1 Å². The molecule has 0 spiro atoms. The molecule has 2 fully saturated rings. The SMILES string of the molecule is NC1CC2CCCC(C1)C2NC(=O)C1CCCc2ccccc21. The van der Waals surface area contributed by atoms with E-state index < -0.39 is 0 Å². The molecule has 0 radical (unpaired) electrons. The summed E-state index contributed by atoms with van der Waals surface area (Å²) in [6, 6.07) is 9.20. The third-order valence-electron chi connectivity index (χ3n) is 6.37. The standard InChI is InChI=1S/C20H28N2O/c21-16-11-14-7-3-8-15(12-16)19(14)22-20(23)18-10-4-6-13-5-1-2-9-17(13)18/h1-2,5,9,14-16,18-19H,3-4,6-8,10-12,21H2,(H,22,23). The van der Waals surface area contributed by atoms with Crippen molar-refractivity contribution in [1.29, 1.82) is 0 Å². The number of nitrogens with two attached hydrogens (primary N) is 1. The highest BCUT2D eigenvalue weighted by molar-refractivity contribution is 5.84. The maximum Gasteiger partial charge on any atom is 0.227 e. The van der Waals surface area contributed by atoms with Gasteiger partial charge in [-0.25, -0.2) is 0 Å². The Bertz CT molecular complexity index is 571. The molecule has 0 aliphatic heterocycles. The van der Waals surface area contributed by atoms with Crippen LogP contribution in [0, 0.1) is 11.8 Å². The van der Waals surface area contributed by atoms with E-state index in [0.29, 0.717) is 23.9 Å².